The second kappa shape index (κ2) is 14.4. The fraction of sp³-hybridized carbons (Fsp3) is 0.381. The first-order valence-corrected chi connectivity index (χ1v) is 21.0. The molecule has 4 unspecified atom stereocenters. The molecule has 292 valence electrons. The molecular weight excluding hydrogens is 737 g/mol. The number of anilines is 6. The average Bonchev–Trinajstić information content (AvgIpc) is 4.00. The maximum atomic E-state index is 15.3. The fourth-order valence-corrected chi connectivity index (χ4v) is 10.9. The smallest absolute Gasteiger partial charge is 0.247 e. The van der Waals surface area contributed by atoms with Gasteiger partial charge in [-0.25, -0.2) is 17.2 Å². The number of aryl methyl sites for hydroxylation is 1. The molecule has 5 aliphatic heterocycles. The van der Waals surface area contributed by atoms with Crippen molar-refractivity contribution in [1.82, 2.24) is 4.90 Å². The van der Waals surface area contributed by atoms with Crippen molar-refractivity contribution in [2.24, 2.45) is 5.92 Å². The standard InChI is InChI=1S/C42H45F2N7O4S/c1-25-11-13-34(43)32-20-36(47-39(25)32)41(52)45-28-7-2-9-30(18-28)50-22-26-6-4-15-49(38(26)24-50)23-27-12-14-35(44)33-21-37(48-40(27)33)42(53)46-29-8-3-10-31(19-29)51-16-5-17-56(51,54)55/h2-3,7-14,18-19,26,36-38,47-48H,4-6,15-17,20-24H2,1H3,(H,45,52)(H,46,53). The Labute approximate surface area is 325 Å². The van der Waals surface area contributed by atoms with Gasteiger partial charge >= 0.3 is 0 Å². The lowest BCUT2D eigenvalue weighted by Crippen LogP contribution is -2.44. The predicted octanol–water partition coefficient (Wildman–Crippen LogP) is 5.86. The van der Waals surface area contributed by atoms with E-state index in [1.165, 1.54) is 16.4 Å². The number of halogens is 2. The van der Waals surface area contributed by atoms with Crippen LogP contribution < -0.4 is 30.5 Å². The van der Waals surface area contributed by atoms with Crippen LogP contribution in [-0.4, -0.2) is 75.2 Å². The second-order valence-corrected chi connectivity index (χ2v) is 17.8. The molecular formula is C42H45F2N7O4S. The number of piperidine rings is 1. The molecule has 14 heteroatoms. The Bertz CT molecular complexity index is 2310. The van der Waals surface area contributed by atoms with E-state index in [1.54, 1.807) is 30.3 Å². The van der Waals surface area contributed by atoms with Crippen LogP contribution in [0, 0.1) is 24.5 Å². The highest BCUT2D eigenvalue weighted by Crippen LogP contribution is 2.39. The van der Waals surface area contributed by atoms with Crippen LogP contribution >= 0.6 is 0 Å². The topological polar surface area (TPSA) is 126 Å². The summed E-state index contributed by atoms with van der Waals surface area (Å²) >= 11 is 0. The van der Waals surface area contributed by atoms with Crippen molar-refractivity contribution in [3.05, 3.63) is 107 Å². The first-order valence-electron chi connectivity index (χ1n) is 19.4. The van der Waals surface area contributed by atoms with E-state index in [4.69, 9.17) is 0 Å². The van der Waals surface area contributed by atoms with E-state index in [2.05, 4.69) is 37.1 Å². The van der Waals surface area contributed by atoms with Gasteiger partial charge in [0.15, 0.2) is 0 Å². The molecule has 0 aromatic heterocycles. The molecule has 4 atom stereocenters. The molecule has 3 saturated heterocycles. The summed E-state index contributed by atoms with van der Waals surface area (Å²) in [5.74, 6) is -0.627. The number of hydrogen-bond acceptors (Lipinski definition) is 8. The minimum absolute atomic E-state index is 0.105. The highest BCUT2D eigenvalue weighted by Gasteiger charge is 2.40. The number of sulfonamides is 1. The van der Waals surface area contributed by atoms with Crippen LogP contribution in [-0.2, 0) is 39.0 Å². The second-order valence-electron chi connectivity index (χ2n) is 15.7. The number of carbonyl (C=O) groups excluding carboxylic acids is 2. The van der Waals surface area contributed by atoms with Crippen molar-refractivity contribution >= 4 is 56.0 Å². The first-order chi connectivity index (χ1) is 27.0. The van der Waals surface area contributed by atoms with Gasteiger partial charge in [-0.1, -0.05) is 24.3 Å². The first kappa shape index (κ1) is 36.4. The molecule has 2 amide bonds. The molecule has 3 fully saturated rings. The van der Waals surface area contributed by atoms with Crippen molar-refractivity contribution in [2.45, 2.75) is 63.7 Å². The SMILES string of the molecule is Cc1ccc(F)c2c1NC(C(=O)Nc1cccc(N3CC4CCCN(Cc5ccc(F)c6c5NC(C(=O)Nc5cccc(N7CCCS7(=O)=O)c5)C6)C4C3)c1)C2. The Kier molecular flexibility index (Phi) is 9.35. The quantitative estimate of drug-likeness (QED) is 0.175. The third kappa shape index (κ3) is 6.82. The summed E-state index contributed by atoms with van der Waals surface area (Å²) < 4.78 is 56.0. The van der Waals surface area contributed by atoms with Gasteiger partial charge in [0.05, 0.1) is 11.4 Å². The molecule has 0 radical (unpaired) electrons. The molecule has 0 aliphatic carbocycles. The lowest BCUT2D eigenvalue weighted by Gasteiger charge is -2.37. The van der Waals surface area contributed by atoms with Crippen LogP contribution in [0.15, 0.2) is 72.8 Å². The van der Waals surface area contributed by atoms with Gasteiger partial charge in [-0.05, 0) is 98.3 Å². The van der Waals surface area contributed by atoms with Crippen LogP contribution in [0.5, 0.6) is 0 Å². The Morgan fingerprint density at radius 3 is 2.11 bits per heavy atom. The van der Waals surface area contributed by atoms with E-state index in [-0.39, 0.29) is 41.7 Å². The summed E-state index contributed by atoms with van der Waals surface area (Å²) in [6.45, 7) is 5.51. The minimum Gasteiger partial charge on any atom is -0.373 e. The zero-order valence-corrected chi connectivity index (χ0v) is 32.0. The maximum absolute atomic E-state index is 15.3. The summed E-state index contributed by atoms with van der Waals surface area (Å²) in [7, 11) is -3.36. The number of nitrogens with one attached hydrogen (secondary N) is 4. The summed E-state index contributed by atoms with van der Waals surface area (Å²) in [6, 6.07) is 20.2. The van der Waals surface area contributed by atoms with Gasteiger partial charge in [0.2, 0.25) is 21.8 Å². The van der Waals surface area contributed by atoms with Crippen molar-refractivity contribution in [1.29, 1.82) is 0 Å². The number of amides is 2. The molecule has 0 spiro atoms. The zero-order valence-electron chi connectivity index (χ0n) is 31.2. The van der Waals surface area contributed by atoms with E-state index in [1.807, 2.05) is 31.2 Å². The normalized spacial score (nSPS) is 23.6. The van der Waals surface area contributed by atoms with Gasteiger partial charge in [-0.2, -0.15) is 0 Å². The van der Waals surface area contributed by atoms with Gasteiger partial charge in [0.25, 0.3) is 0 Å². The third-order valence-electron chi connectivity index (χ3n) is 12.1. The van der Waals surface area contributed by atoms with Crippen molar-refractivity contribution < 1.29 is 26.8 Å². The Morgan fingerprint density at radius 2 is 1.43 bits per heavy atom. The number of nitrogens with zero attached hydrogens (tertiary/aromatic N) is 3. The van der Waals surface area contributed by atoms with Crippen LogP contribution in [0.3, 0.4) is 0 Å². The van der Waals surface area contributed by atoms with Gasteiger partial charge in [0.1, 0.15) is 23.7 Å². The number of carbonyl (C=O) groups is 2. The monoisotopic (exact) mass is 781 g/mol. The Balaban J connectivity index is 0.848. The van der Waals surface area contributed by atoms with Gasteiger partial charge in [0, 0.05) is 84.6 Å². The van der Waals surface area contributed by atoms with Crippen LogP contribution in [0.4, 0.5) is 42.9 Å². The van der Waals surface area contributed by atoms with Crippen LogP contribution in [0.25, 0.3) is 0 Å². The van der Waals surface area contributed by atoms with Crippen molar-refractivity contribution in [3.8, 4) is 0 Å². The Morgan fingerprint density at radius 1 is 0.786 bits per heavy atom. The number of hydrogen-bond donors (Lipinski definition) is 4. The minimum atomic E-state index is -3.36. The average molecular weight is 782 g/mol. The fourth-order valence-electron chi connectivity index (χ4n) is 9.30. The number of fused-ring (bicyclic) bond motifs is 3. The lowest BCUT2D eigenvalue weighted by molar-refractivity contribution is -0.117. The summed E-state index contributed by atoms with van der Waals surface area (Å²) in [5, 5.41) is 12.5. The summed E-state index contributed by atoms with van der Waals surface area (Å²) in [4.78, 5) is 31.7. The largest absolute Gasteiger partial charge is 0.373 e. The molecule has 5 heterocycles. The van der Waals surface area contributed by atoms with E-state index in [0.29, 0.717) is 71.4 Å². The molecule has 0 saturated carbocycles. The predicted molar refractivity (Wildman–Crippen MR) is 215 cm³/mol. The summed E-state index contributed by atoms with van der Waals surface area (Å²) in [6.07, 6.45) is 3.20. The molecule has 4 aromatic carbocycles. The van der Waals surface area contributed by atoms with E-state index >= 15 is 4.39 Å². The molecule has 56 heavy (non-hydrogen) atoms. The highest BCUT2D eigenvalue weighted by atomic mass is 32.2. The maximum Gasteiger partial charge on any atom is 0.247 e. The van der Waals surface area contributed by atoms with E-state index < -0.39 is 22.1 Å². The lowest BCUT2D eigenvalue weighted by atomic mass is 9.91. The summed E-state index contributed by atoms with van der Waals surface area (Å²) in [5.41, 5.74) is 6.97. The third-order valence-corrected chi connectivity index (χ3v) is 14.0. The molecule has 4 N–H and O–H groups in total. The van der Waals surface area contributed by atoms with E-state index in [9.17, 15) is 22.4 Å². The molecule has 5 aliphatic rings. The molecule has 9 rings (SSSR count). The van der Waals surface area contributed by atoms with Crippen LogP contribution in [0.2, 0.25) is 0 Å². The number of rotatable bonds is 8. The van der Waals surface area contributed by atoms with Crippen LogP contribution in [0.1, 0.15) is 41.5 Å². The molecule has 4 aromatic rings. The Hall–Kier alpha value is -5.21. The van der Waals surface area contributed by atoms with Crippen molar-refractivity contribution in [2.75, 3.05) is 62.4 Å². The molecule has 11 nitrogen and oxygen atoms in total. The van der Waals surface area contributed by atoms with Gasteiger partial charge in [-0.15, -0.1) is 0 Å². The van der Waals surface area contributed by atoms with Gasteiger partial charge < -0.3 is 26.2 Å². The van der Waals surface area contributed by atoms with Gasteiger partial charge in [-0.3, -0.25) is 18.8 Å². The zero-order chi connectivity index (χ0) is 38.7. The van der Waals surface area contributed by atoms with E-state index in [0.717, 1.165) is 49.3 Å². The van der Waals surface area contributed by atoms with Crippen molar-refractivity contribution in [3.63, 3.8) is 0 Å². The molecule has 0 bridgehead atoms. The highest BCUT2D eigenvalue weighted by molar-refractivity contribution is 7.93. The number of likely N-dealkylation sites (tertiary alicyclic amines) is 1. The number of benzene rings is 4.